The van der Waals surface area contributed by atoms with E-state index in [1.54, 1.807) is 0 Å². The maximum absolute atomic E-state index is 12.3. The number of nitrogens with two attached hydrogens (primary N) is 1. The summed E-state index contributed by atoms with van der Waals surface area (Å²) in [4.78, 5) is 17.9. The van der Waals surface area contributed by atoms with Crippen molar-refractivity contribution in [1.82, 2.24) is 9.88 Å². The fourth-order valence-corrected chi connectivity index (χ4v) is 1.92. The van der Waals surface area contributed by atoms with Gasteiger partial charge in [0.05, 0.1) is 17.4 Å². The molecule has 0 spiro atoms. The van der Waals surface area contributed by atoms with Crippen molar-refractivity contribution in [2.24, 2.45) is 5.92 Å². The number of hydrogen-bond acceptors (Lipinski definition) is 3. The first-order valence-electron chi connectivity index (χ1n) is 5.82. The average Bonchev–Trinajstić information content (AvgIpc) is 3.12. The van der Waals surface area contributed by atoms with E-state index < -0.39 is 0 Å². The predicted octanol–water partition coefficient (Wildman–Crippen LogP) is 2.19. The van der Waals surface area contributed by atoms with Crippen molar-refractivity contribution in [3.8, 4) is 0 Å². The van der Waals surface area contributed by atoms with Gasteiger partial charge in [-0.05, 0) is 31.7 Å². The molecule has 5 heteroatoms. The van der Waals surface area contributed by atoms with Crippen LogP contribution in [0, 0.1) is 5.92 Å². The van der Waals surface area contributed by atoms with Gasteiger partial charge in [0, 0.05) is 13.1 Å². The lowest BCUT2D eigenvalue weighted by Crippen LogP contribution is -2.33. The molecular formula is C12H16ClN3O. The summed E-state index contributed by atoms with van der Waals surface area (Å²) in [5.74, 6) is 0.610. The van der Waals surface area contributed by atoms with E-state index in [0.29, 0.717) is 28.9 Å². The Labute approximate surface area is 106 Å². The standard InChI is InChI=1S/C12H16ClN3O/c1-2-16(7-8-3-4-8)12(17)9-5-11(13)15-6-10(9)14/h5-6,8H,2-4,7,14H2,1H3. The molecule has 0 radical (unpaired) electrons. The number of halogens is 1. The number of amides is 1. The molecule has 1 heterocycles. The first-order valence-corrected chi connectivity index (χ1v) is 6.20. The summed E-state index contributed by atoms with van der Waals surface area (Å²) >= 11 is 5.79. The molecule has 1 aromatic heterocycles. The molecule has 0 saturated heterocycles. The molecule has 0 aliphatic heterocycles. The highest BCUT2D eigenvalue weighted by Gasteiger charge is 2.27. The lowest BCUT2D eigenvalue weighted by Gasteiger charge is -2.21. The largest absolute Gasteiger partial charge is 0.397 e. The second kappa shape index (κ2) is 4.92. The van der Waals surface area contributed by atoms with Crippen LogP contribution < -0.4 is 5.73 Å². The van der Waals surface area contributed by atoms with Crippen molar-refractivity contribution < 1.29 is 4.79 Å². The zero-order valence-corrected chi connectivity index (χ0v) is 10.6. The van der Waals surface area contributed by atoms with Gasteiger partial charge in [-0.25, -0.2) is 4.98 Å². The Morgan fingerprint density at radius 3 is 2.94 bits per heavy atom. The van der Waals surface area contributed by atoms with Crippen LogP contribution in [0.1, 0.15) is 30.1 Å². The minimum Gasteiger partial charge on any atom is -0.397 e. The molecule has 0 unspecified atom stereocenters. The molecule has 4 nitrogen and oxygen atoms in total. The van der Waals surface area contributed by atoms with Crippen LogP contribution in [-0.4, -0.2) is 28.9 Å². The molecule has 1 aromatic rings. The molecule has 1 fully saturated rings. The van der Waals surface area contributed by atoms with Crippen molar-refractivity contribution in [2.45, 2.75) is 19.8 Å². The minimum absolute atomic E-state index is 0.0544. The highest BCUT2D eigenvalue weighted by molar-refractivity contribution is 6.29. The Morgan fingerprint density at radius 2 is 2.35 bits per heavy atom. The van der Waals surface area contributed by atoms with Crippen molar-refractivity contribution in [3.63, 3.8) is 0 Å². The first kappa shape index (κ1) is 12.2. The highest BCUT2D eigenvalue weighted by Crippen LogP contribution is 2.30. The molecule has 1 saturated carbocycles. The SMILES string of the molecule is CCN(CC1CC1)C(=O)c1cc(Cl)ncc1N. The van der Waals surface area contributed by atoms with E-state index >= 15 is 0 Å². The Balaban J connectivity index is 2.18. The van der Waals surface area contributed by atoms with Gasteiger partial charge in [0.15, 0.2) is 0 Å². The smallest absolute Gasteiger partial charge is 0.256 e. The fourth-order valence-electron chi connectivity index (χ4n) is 1.76. The Hall–Kier alpha value is -1.29. The molecule has 0 aromatic carbocycles. The zero-order chi connectivity index (χ0) is 12.4. The van der Waals surface area contributed by atoms with E-state index in [1.807, 2.05) is 11.8 Å². The van der Waals surface area contributed by atoms with E-state index in [2.05, 4.69) is 4.98 Å². The third kappa shape index (κ3) is 2.88. The molecule has 92 valence electrons. The number of carbonyl (C=O) groups excluding carboxylic acids is 1. The number of pyridine rings is 1. The normalized spacial score (nSPS) is 14.7. The van der Waals surface area contributed by atoms with Gasteiger partial charge in [-0.1, -0.05) is 11.6 Å². The van der Waals surface area contributed by atoms with E-state index in [0.717, 1.165) is 6.54 Å². The van der Waals surface area contributed by atoms with Gasteiger partial charge in [-0.2, -0.15) is 0 Å². The monoisotopic (exact) mass is 253 g/mol. The maximum atomic E-state index is 12.3. The summed E-state index contributed by atoms with van der Waals surface area (Å²) in [5.41, 5.74) is 6.60. The minimum atomic E-state index is -0.0544. The average molecular weight is 254 g/mol. The number of carbonyl (C=O) groups is 1. The number of anilines is 1. The summed E-state index contributed by atoms with van der Waals surface area (Å²) in [6, 6.07) is 1.54. The van der Waals surface area contributed by atoms with E-state index in [9.17, 15) is 4.79 Å². The first-order chi connectivity index (χ1) is 8.11. The van der Waals surface area contributed by atoms with Gasteiger partial charge < -0.3 is 10.6 Å². The number of nitrogens with zero attached hydrogens (tertiary/aromatic N) is 2. The highest BCUT2D eigenvalue weighted by atomic mass is 35.5. The van der Waals surface area contributed by atoms with Gasteiger partial charge in [0.1, 0.15) is 5.15 Å². The molecule has 1 aliphatic carbocycles. The number of aromatic nitrogens is 1. The van der Waals surface area contributed by atoms with Crippen LogP contribution in [-0.2, 0) is 0 Å². The van der Waals surface area contributed by atoms with Gasteiger partial charge in [0.2, 0.25) is 0 Å². The van der Waals surface area contributed by atoms with Gasteiger partial charge >= 0.3 is 0 Å². The van der Waals surface area contributed by atoms with Crippen molar-refractivity contribution in [3.05, 3.63) is 23.0 Å². The predicted molar refractivity (Wildman–Crippen MR) is 68.0 cm³/mol. The summed E-state index contributed by atoms with van der Waals surface area (Å²) in [5, 5.41) is 0.296. The van der Waals surface area contributed by atoms with Crippen molar-refractivity contribution in [1.29, 1.82) is 0 Å². The third-order valence-electron chi connectivity index (χ3n) is 2.98. The topological polar surface area (TPSA) is 59.2 Å². The third-order valence-corrected chi connectivity index (χ3v) is 3.18. The van der Waals surface area contributed by atoms with Crippen LogP contribution in [0.15, 0.2) is 12.3 Å². The summed E-state index contributed by atoms with van der Waals surface area (Å²) < 4.78 is 0. The van der Waals surface area contributed by atoms with E-state index in [4.69, 9.17) is 17.3 Å². The van der Waals surface area contributed by atoms with Crippen LogP contribution >= 0.6 is 11.6 Å². The fraction of sp³-hybridized carbons (Fsp3) is 0.500. The molecule has 1 amide bonds. The van der Waals surface area contributed by atoms with Gasteiger partial charge in [0.25, 0.3) is 5.91 Å². The van der Waals surface area contributed by atoms with Crippen LogP contribution in [0.4, 0.5) is 5.69 Å². The number of rotatable bonds is 4. The van der Waals surface area contributed by atoms with Crippen molar-refractivity contribution >= 4 is 23.2 Å². The second-order valence-electron chi connectivity index (χ2n) is 4.38. The summed E-state index contributed by atoms with van der Waals surface area (Å²) in [7, 11) is 0. The number of nitrogen functional groups attached to an aromatic ring is 1. The molecule has 17 heavy (non-hydrogen) atoms. The van der Waals surface area contributed by atoms with Crippen LogP contribution in [0.25, 0.3) is 0 Å². The maximum Gasteiger partial charge on any atom is 0.256 e. The zero-order valence-electron chi connectivity index (χ0n) is 9.82. The quantitative estimate of drug-likeness (QED) is 0.837. The van der Waals surface area contributed by atoms with Crippen LogP contribution in [0.5, 0.6) is 0 Å². The summed E-state index contributed by atoms with van der Waals surface area (Å²) in [6.07, 6.45) is 3.87. The van der Waals surface area contributed by atoms with Crippen LogP contribution in [0.3, 0.4) is 0 Å². The lowest BCUT2D eigenvalue weighted by molar-refractivity contribution is 0.0758. The lowest BCUT2D eigenvalue weighted by atomic mass is 10.2. The summed E-state index contributed by atoms with van der Waals surface area (Å²) in [6.45, 7) is 3.47. The molecule has 0 atom stereocenters. The van der Waals surface area contributed by atoms with Crippen molar-refractivity contribution in [2.75, 3.05) is 18.8 Å². The Bertz CT molecular complexity index is 432. The van der Waals surface area contributed by atoms with Gasteiger partial charge in [-0.3, -0.25) is 4.79 Å². The Morgan fingerprint density at radius 1 is 1.65 bits per heavy atom. The molecule has 2 rings (SSSR count). The molecule has 0 bridgehead atoms. The van der Waals surface area contributed by atoms with E-state index in [-0.39, 0.29) is 5.91 Å². The molecule has 1 aliphatic rings. The second-order valence-corrected chi connectivity index (χ2v) is 4.77. The van der Waals surface area contributed by atoms with Crippen LogP contribution in [0.2, 0.25) is 5.15 Å². The molecule has 2 N–H and O–H groups in total. The van der Waals surface area contributed by atoms with E-state index in [1.165, 1.54) is 25.1 Å². The number of hydrogen-bond donors (Lipinski definition) is 1. The van der Waals surface area contributed by atoms with Gasteiger partial charge in [-0.15, -0.1) is 0 Å². The molecular weight excluding hydrogens is 238 g/mol. The Kier molecular flexibility index (Phi) is 3.52.